The predicted molar refractivity (Wildman–Crippen MR) is 103 cm³/mol. The zero-order valence-electron chi connectivity index (χ0n) is 17.0. The third-order valence-electron chi connectivity index (χ3n) is 4.71. The summed E-state index contributed by atoms with van der Waals surface area (Å²) in [6.07, 6.45) is -8.25. The van der Waals surface area contributed by atoms with Crippen molar-refractivity contribution in [2.45, 2.75) is 62.5 Å². The normalized spacial score (nSPS) is 27.9. The number of carboxylic acid groups (broad SMARTS) is 1. The van der Waals surface area contributed by atoms with Gasteiger partial charge in [0.05, 0.1) is 18.4 Å². The van der Waals surface area contributed by atoms with E-state index in [2.05, 4.69) is 0 Å². The summed E-state index contributed by atoms with van der Waals surface area (Å²) in [6.45, 7) is 0.632. The van der Waals surface area contributed by atoms with Crippen LogP contribution < -0.4 is 4.74 Å². The highest BCUT2D eigenvalue weighted by atomic mass is 16.7. The molecule has 0 radical (unpaired) electrons. The van der Waals surface area contributed by atoms with Crippen LogP contribution in [0.4, 0.5) is 0 Å². The van der Waals surface area contributed by atoms with E-state index < -0.39 is 67.7 Å². The maximum Gasteiger partial charge on any atom is 0.308 e. The van der Waals surface area contributed by atoms with Crippen molar-refractivity contribution in [1.82, 2.24) is 0 Å². The standard InChI is InChI=1S/C20H28O11/c1-20(28,8-14(22)23)9-15(24)29-10-13-16(25)17(26)18(27)19(31-13)30-12-4-2-11(3-5-12)6-7-21/h2-5,13,16-19,21,25-28H,6-10H2,1H3,(H,22,23)/t13-,16-,17+,18-,19-,20?/m1/s1. The molecule has 1 unspecified atom stereocenters. The van der Waals surface area contributed by atoms with E-state index in [4.69, 9.17) is 24.4 Å². The number of carbonyl (C=O) groups is 2. The van der Waals surface area contributed by atoms with Gasteiger partial charge in [0.2, 0.25) is 6.29 Å². The number of carbonyl (C=O) groups excluding carboxylic acids is 1. The second kappa shape index (κ2) is 10.8. The van der Waals surface area contributed by atoms with E-state index in [9.17, 15) is 30.0 Å². The molecule has 0 saturated carbocycles. The zero-order chi connectivity index (χ0) is 23.2. The van der Waals surface area contributed by atoms with Crippen LogP contribution in [0.3, 0.4) is 0 Å². The predicted octanol–water partition coefficient (Wildman–Crippen LogP) is -1.43. The lowest BCUT2D eigenvalue weighted by atomic mass is 9.98. The first-order valence-electron chi connectivity index (χ1n) is 9.68. The van der Waals surface area contributed by atoms with Crippen molar-refractivity contribution in [3.8, 4) is 5.75 Å². The first-order valence-corrected chi connectivity index (χ1v) is 9.68. The molecule has 0 bridgehead atoms. The molecule has 0 aliphatic carbocycles. The Labute approximate surface area is 178 Å². The van der Waals surface area contributed by atoms with Crippen LogP contribution in [0, 0.1) is 0 Å². The Morgan fingerprint density at radius 1 is 1.06 bits per heavy atom. The molecule has 1 heterocycles. The Morgan fingerprint density at radius 2 is 1.71 bits per heavy atom. The van der Waals surface area contributed by atoms with E-state index in [1.165, 1.54) is 6.92 Å². The molecular formula is C20H28O11. The number of hydrogen-bond donors (Lipinski definition) is 6. The van der Waals surface area contributed by atoms with E-state index in [1.807, 2.05) is 0 Å². The lowest BCUT2D eigenvalue weighted by Gasteiger charge is -2.40. The van der Waals surface area contributed by atoms with E-state index in [0.717, 1.165) is 5.56 Å². The molecule has 2 rings (SSSR count). The Morgan fingerprint density at radius 3 is 2.29 bits per heavy atom. The summed E-state index contributed by atoms with van der Waals surface area (Å²) in [5.74, 6) is -1.92. The maximum absolute atomic E-state index is 11.9. The van der Waals surface area contributed by atoms with E-state index in [1.54, 1.807) is 24.3 Å². The van der Waals surface area contributed by atoms with Crippen molar-refractivity contribution in [3.63, 3.8) is 0 Å². The minimum Gasteiger partial charge on any atom is -0.481 e. The van der Waals surface area contributed by atoms with Gasteiger partial charge in [-0.1, -0.05) is 12.1 Å². The van der Waals surface area contributed by atoms with Gasteiger partial charge in [-0.05, 0) is 31.0 Å². The van der Waals surface area contributed by atoms with Gasteiger partial charge in [-0.3, -0.25) is 9.59 Å². The van der Waals surface area contributed by atoms with Crippen LogP contribution in [0.5, 0.6) is 5.75 Å². The van der Waals surface area contributed by atoms with Crippen molar-refractivity contribution in [2.24, 2.45) is 0 Å². The molecule has 11 nitrogen and oxygen atoms in total. The molecule has 1 aliphatic rings. The average molecular weight is 444 g/mol. The molecular weight excluding hydrogens is 416 g/mol. The van der Waals surface area contributed by atoms with Gasteiger partial charge in [0.1, 0.15) is 36.8 Å². The molecule has 1 fully saturated rings. The molecule has 1 aromatic carbocycles. The van der Waals surface area contributed by atoms with Crippen LogP contribution in [0.25, 0.3) is 0 Å². The number of rotatable bonds is 10. The van der Waals surface area contributed by atoms with Crippen molar-refractivity contribution in [2.75, 3.05) is 13.2 Å². The second-order valence-corrected chi connectivity index (χ2v) is 7.68. The molecule has 11 heteroatoms. The molecule has 174 valence electrons. The summed E-state index contributed by atoms with van der Waals surface area (Å²) in [4.78, 5) is 22.6. The number of carboxylic acids is 1. The van der Waals surface area contributed by atoms with Crippen LogP contribution in [0.2, 0.25) is 0 Å². The van der Waals surface area contributed by atoms with Gasteiger partial charge in [-0.15, -0.1) is 0 Å². The topological polar surface area (TPSA) is 183 Å². The number of aliphatic hydroxyl groups is 5. The van der Waals surface area contributed by atoms with E-state index >= 15 is 0 Å². The van der Waals surface area contributed by atoms with Crippen LogP contribution in [-0.4, -0.2) is 92.1 Å². The Balaban J connectivity index is 1.96. The number of benzene rings is 1. The minimum atomic E-state index is -1.82. The fraction of sp³-hybridized carbons (Fsp3) is 0.600. The monoisotopic (exact) mass is 444 g/mol. The SMILES string of the molecule is CC(O)(CC(=O)O)CC(=O)OC[C@H]1O[C@@H](Oc2ccc(CCO)cc2)[C@H](O)[C@@H](O)[C@@H]1O. The highest BCUT2D eigenvalue weighted by molar-refractivity contribution is 5.73. The summed E-state index contributed by atoms with van der Waals surface area (Å²) >= 11 is 0. The molecule has 1 saturated heterocycles. The zero-order valence-corrected chi connectivity index (χ0v) is 17.0. The first-order chi connectivity index (χ1) is 14.5. The van der Waals surface area contributed by atoms with Gasteiger partial charge < -0.3 is 44.8 Å². The van der Waals surface area contributed by atoms with Crippen LogP contribution in [0.1, 0.15) is 25.3 Å². The Bertz CT molecular complexity index is 733. The molecule has 0 amide bonds. The van der Waals surface area contributed by atoms with Crippen LogP contribution >= 0.6 is 0 Å². The van der Waals surface area contributed by atoms with Crippen molar-refractivity contribution in [3.05, 3.63) is 29.8 Å². The van der Waals surface area contributed by atoms with Crippen molar-refractivity contribution >= 4 is 11.9 Å². The van der Waals surface area contributed by atoms with Gasteiger partial charge >= 0.3 is 11.9 Å². The summed E-state index contributed by atoms with van der Waals surface area (Å²) in [5, 5.41) is 58.0. The Kier molecular flexibility index (Phi) is 8.74. The van der Waals surface area contributed by atoms with Gasteiger partial charge in [-0.25, -0.2) is 0 Å². The van der Waals surface area contributed by atoms with Crippen molar-refractivity contribution < 1.29 is 54.4 Å². The summed E-state index contributed by atoms with van der Waals surface area (Å²) in [5.41, 5.74) is -0.961. The van der Waals surface area contributed by atoms with Gasteiger partial charge in [0.15, 0.2) is 0 Å². The molecule has 0 spiro atoms. The molecule has 1 aliphatic heterocycles. The average Bonchev–Trinajstić information content (AvgIpc) is 2.67. The summed E-state index contributed by atoms with van der Waals surface area (Å²) in [7, 11) is 0. The number of ether oxygens (including phenoxy) is 3. The van der Waals surface area contributed by atoms with Gasteiger partial charge in [0.25, 0.3) is 0 Å². The van der Waals surface area contributed by atoms with Gasteiger partial charge in [0, 0.05) is 6.61 Å². The van der Waals surface area contributed by atoms with Crippen molar-refractivity contribution in [1.29, 1.82) is 0 Å². The summed E-state index contributed by atoms with van der Waals surface area (Å²) in [6, 6.07) is 6.57. The van der Waals surface area contributed by atoms with Crippen LogP contribution in [-0.2, 0) is 25.5 Å². The summed E-state index contributed by atoms with van der Waals surface area (Å²) < 4.78 is 15.9. The fourth-order valence-corrected chi connectivity index (χ4v) is 3.07. The third kappa shape index (κ3) is 7.42. The highest BCUT2D eigenvalue weighted by Crippen LogP contribution is 2.25. The second-order valence-electron chi connectivity index (χ2n) is 7.68. The molecule has 6 N–H and O–H groups in total. The minimum absolute atomic E-state index is 0.0130. The largest absolute Gasteiger partial charge is 0.481 e. The third-order valence-corrected chi connectivity index (χ3v) is 4.71. The maximum atomic E-state index is 11.9. The molecule has 6 atom stereocenters. The van der Waals surface area contributed by atoms with Gasteiger partial charge in [-0.2, -0.15) is 0 Å². The quantitative estimate of drug-likeness (QED) is 0.233. The smallest absolute Gasteiger partial charge is 0.308 e. The number of esters is 1. The number of aliphatic hydroxyl groups excluding tert-OH is 4. The van der Waals surface area contributed by atoms with E-state index in [0.29, 0.717) is 12.2 Å². The lowest BCUT2D eigenvalue weighted by molar-refractivity contribution is -0.278. The molecule has 0 aromatic heterocycles. The fourth-order valence-electron chi connectivity index (χ4n) is 3.07. The molecule has 1 aromatic rings. The molecule has 31 heavy (non-hydrogen) atoms. The Hall–Kier alpha value is -2.28. The first kappa shape index (κ1) is 25.0. The van der Waals surface area contributed by atoms with E-state index in [-0.39, 0.29) is 6.61 Å². The highest BCUT2D eigenvalue weighted by Gasteiger charge is 2.45. The van der Waals surface area contributed by atoms with Crippen LogP contribution in [0.15, 0.2) is 24.3 Å². The lowest BCUT2D eigenvalue weighted by Crippen LogP contribution is -2.60. The number of hydrogen-bond acceptors (Lipinski definition) is 10. The number of aliphatic carboxylic acids is 1.